The van der Waals surface area contributed by atoms with E-state index in [0.29, 0.717) is 16.6 Å². The maximum atomic E-state index is 5.02. The number of amidine groups is 1. The zero-order valence-electron chi connectivity index (χ0n) is 7.39. The predicted octanol–water partition coefficient (Wildman–Crippen LogP) is 0.864. The summed E-state index contributed by atoms with van der Waals surface area (Å²) in [6.07, 6.45) is 3.16. The van der Waals surface area contributed by atoms with Gasteiger partial charge in [0.1, 0.15) is 6.26 Å². The third kappa shape index (κ3) is 1.22. The average molecular weight is 222 g/mol. The van der Waals surface area contributed by atoms with Gasteiger partial charge in [-0.1, -0.05) is 0 Å². The number of H-pyrrole nitrogens is 1. The van der Waals surface area contributed by atoms with Gasteiger partial charge in [-0.3, -0.25) is 5.43 Å². The molecule has 3 rings (SSSR count). The lowest BCUT2D eigenvalue weighted by Gasteiger charge is -2.15. The van der Waals surface area contributed by atoms with Crippen LogP contribution in [0.5, 0.6) is 0 Å². The van der Waals surface area contributed by atoms with Crippen LogP contribution in [0.4, 0.5) is 5.95 Å². The number of hydrazone groups is 1. The van der Waals surface area contributed by atoms with Gasteiger partial charge in [-0.15, -0.1) is 5.10 Å². The summed E-state index contributed by atoms with van der Waals surface area (Å²) < 4.78 is 7.01. The molecule has 0 radical (unpaired) electrons. The topological polar surface area (TPSA) is 83.2 Å². The van der Waals surface area contributed by atoms with Crippen molar-refractivity contribution in [2.45, 2.75) is 0 Å². The molecule has 2 aromatic heterocycles. The minimum Gasteiger partial charge on any atom is -0.472 e. The lowest BCUT2D eigenvalue weighted by molar-refractivity contribution is 0.566. The normalized spacial score (nSPS) is 13.7. The van der Waals surface area contributed by atoms with Crippen LogP contribution in [-0.4, -0.2) is 20.7 Å². The Hall–Kier alpha value is -2.09. The quantitative estimate of drug-likeness (QED) is 0.623. The van der Waals surface area contributed by atoms with Crippen molar-refractivity contribution in [1.82, 2.24) is 14.9 Å². The fourth-order valence-electron chi connectivity index (χ4n) is 1.24. The molecule has 7 nitrogen and oxygen atoms in total. The Morgan fingerprint density at radius 3 is 3.20 bits per heavy atom. The van der Waals surface area contributed by atoms with E-state index in [4.69, 9.17) is 16.6 Å². The van der Waals surface area contributed by atoms with E-state index in [1.807, 2.05) is 0 Å². The number of nitrogens with zero attached hydrogens (tertiary/aromatic N) is 3. The van der Waals surface area contributed by atoms with Crippen molar-refractivity contribution in [2.24, 2.45) is 5.10 Å². The second-order valence-electron chi connectivity index (χ2n) is 2.88. The number of hydrogen-bond donors (Lipinski definition) is 3. The van der Waals surface area contributed by atoms with E-state index in [1.165, 1.54) is 0 Å². The largest absolute Gasteiger partial charge is 0.472 e. The van der Waals surface area contributed by atoms with Gasteiger partial charge in [-0.05, 0) is 18.3 Å². The summed E-state index contributed by atoms with van der Waals surface area (Å²) in [4.78, 5) is 0. The molecule has 1 aliphatic rings. The van der Waals surface area contributed by atoms with Crippen LogP contribution in [0.15, 0.2) is 28.1 Å². The third-order valence-corrected chi connectivity index (χ3v) is 2.23. The van der Waals surface area contributed by atoms with E-state index in [1.54, 1.807) is 23.3 Å². The summed E-state index contributed by atoms with van der Waals surface area (Å²) in [5.74, 6) is 1.14. The number of hydrogen-bond acceptors (Lipinski definition) is 6. The van der Waals surface area contributed by atoms with Crippen LogP contribution in [0.3, 0.4) is 0 Å². The zero-order chi connectivity index (χ0) is 10.3. The van der Waals surface area contributed by atoms with E-state index in [-0.39, 0.29) is 0 Å². The summed E-state index contributed by atoms with van der Waals surface area (Å²) in [5.41, 5.74) is 6.58. The second-order valence-corrected chi connectivity index (χ2v) is 3.27. The van der Waals surface area contributed by atoms with Crippen LogP contribution in [0.25, 0.3) is 0 Å². The van der Waals surface area contributed by atoms with Gasteiger partial charge < -0.3 is 4.42 Å². The van der Waals surface area contributed by atoms with Gasteiger partial charge in [0, 0.05) is 0 Å². The number of rotatable bonds is 1. The number of aromatic amines is 1. The molecule has 0 fully saturated rings. The first kappa shape index (κ1) is 8.24. The van der Waals surface area contributed by atoms with Crippen LogP contribution in [-0.2, 0) is 0 Å². The molecule has 15 heavy (non-hydrogen) atoms. The van der Waals surface area contributed by atoms with Crippen molar-refractivity contribution >= 4 is 24.0 Å². The number of anilines is 1. The Morgan fingerprint density at radius 2 is 2.40 bits per heavy atom. The predicted molar refractivity (Wildman–Crippen MR) is 55.6 cm³/mol. The Kier molecular flexibility index (Phi) is 1.62. The fourth-order valence-corrected chi connectivity index (χ4v) is 1.42. The number of aromatic nitrogens is 3. The van der Waals surface area contributed by atoms with Gasteiger partial charge in [0.05, 0.1) is 11.8 Å². The Labute approximate surface area is 88.8 Å². The molecule has 0 unspecified atom stereocenters. The molecule has 0 amide bonds. The first-order valence-electron chi connectivity index (χ1n) is 4.15. The molecule has 0 aromatic carbocycles. The van der Waals surface area contributed by atoms with Gasteiger partial charge in [-0.2, -0.15) is 9.78 Å². The summed E-state index contributed by atoms with van der Waals surface area (Å²) in [5, 5.41) is 10.6. The SMILES string of the molecule is S=c1[nH]nc2n1NC(c1ccoc1)=NN2. The van der Waals surface area contributed by atoms with Crippen molar-refractivity contribution < 1.29 is 4.42 Å². The minimum atomic E-state index is 0.466. The van der Waals surface area contributed by atoms with Gasteiger partial charge in [0.25, 0.3) is 5.95 Å². The van der Waals surface area contributed by atoms with Gasteiger partial charge >= 0.3 is 0 Å². The molecule has 76 valence electrons. The van der Waals surface area contributed by atoms with Crippen molar-refractivity contribution in [3.63, 3.8) is 0 Å². The molecule has 3 N–H and O–H groups in total. The highest BCUT2D eigenvalue weighted by molar-refractivity contribution is 7.71. The number of nitrogens with one attached hydrogen (secondary N) is 3. The van der Waals surface area contributed by atoms with E-state index < -0.39 is 0 Å². The third-order valence-electron chi connectivity index (χ3n) is 1.95. The molecular formula is C7H6N6OS. The van der Waals surface area contributed by atoms with Crippen LogP contribution in [0.2, 0.25) is 0 Å². The molecule has 0 spiro atoms. The van der Waals surface area contributed by atoms with Crippen molar-refractivity contribution in [3.8, 4) is 0 Å². The highest BCUT2D eigenvalue weighted by Gasteiger charge is 2.15. The molecule has 0 atom stereocenters. The molecular weight excluding hydrogens is 216 g/mol. The summed E-state index contributed by atoms with van der Waals surface area (Å²) in [6.45, 7) is 0. The summed E-state index contributed by atoms with van der Waals surface area (Å²) >= 11 is 5.02. The monoisotopic (exact) mass is 222 g/mol. The lowest BCUT2D eigenvalue weighted by atomic mass is 10.3. The van der Waals surface area contributed by atoms with Gasteiger partial charge in [-0.25, -0.2) is 10.5 Å². The molecule has 0 aliphatic carbocycles. The van der Waals surface area contributed by atoms with Gasteiger partial charge in [0.15, 0.2) is 5.84 Å². The molecule has 0 saturated heterocycles. The molecule has 1 aliphatic heterocycles. The highest BCUT2D eigenvalue weighted by Crippen LogP contribution is 2.10. The van der Waals surface area contributed by atoms with Crippen LogP contribution >= 0.6 is 12.2 Å². The molecule has 3 heterocycles. The van der Waals surface area contributed by atoms with Crippen LogP contribution in [0, 0.1) is 4.77 Å². The van der Waals surface area contributed by atoms with E-state index in [0.717, 1.165) is 5.56 Å². The second kappa shape index (κ2) is 2.95. The van der Waals surface area contributed by atoms with E-state index in [9.17, 15) is 0 Å². The Bertz CT molecular complexity index is 565. The van der Waals surface area contributed by atoms with Crippen LogP contribution in [0.1, 0.15) is 5.56 Å². The highest BCUT2D eigenvalue weighted by atomic mass is 32.1. The summed E-state index contributed by atoms with van der Waals surface area (Å²) in [7, 11) is 0. The smallest absolute Gasteiger partial charge is 0.263 e. The Balaban J connectivity index is 2.01. The first-order valence-corrected chi connectivity index (χ1v) is 4.56. The van der Waals surface area contributed by atoms with Crippen molar-refractivity contribution in [1.29, 1.82) is 0 Å². The molecule has 8 heteroatoms. The Morgan fingerprint density at radius 1 is 1.47 bits per heavy atom. The fraction of sp³-hybridized carbons (Fsp3) is 0. The molecule has 0 bridgehead atoms. The van der Waals surface area contributed by atoms with Gasteiger partial charge in [0.2, 0.25) is 4.77 Å². The maximum absolute atomic E-state index is 5.02. The van der Waals surface area contributed by atoms with Crippen molar-refractivity contribution in [3.05, 3.63) is 28.9 Å². The molecule has 0 saturated carbocycles. The average Bonchev–Trinajstić information content (AvgIpc) is 2.88. The van der Waals surface area contributed by atoms with E-state index in [2.05, 4.69) is 26.2 Å². The standard InChI is InChI=1S/C7H6N6OS/c15-7-11-10-6-9-8-5(12-13(6)7)4-1-2-14-3-4/h1-3H,(H,8,12)(H,9,10)(H,11,15). The van der Waals surface area contributed by atoms with E-state index >= 15 is 0 Å². The minimum absolute atomic E-state index is 0.466. The first-order chi connectivity index (χ1) is 7.34. The lowest BCUT2D eigenvalue weighted by Crippen LogP contribution is -2.29. The van der Waals surface area contributed by atoms with Crippen LogP contribution < -0.4 is 10.9 Å². The number of furan rings is 1. The zero-order valence-corrected chi connectivity index (χ0v) is 8.21. The maximum Gasteiger partial charge on any atom is 0.263 e. The summed E-state index contributed by atoms with van der Waals surface area (Å²) in [6, 6.07) is 1.79. The number of fused-ring (bicyclic) bond motifs is 1. The molecule has 2 aromatic rings. The van der Waals surface area contributed by atoms with Crippen molar-refractivity contribution in [2.75, 3.05) is 10.9 Å².